The van der Waals surface area contributed by atoms with Gasteiger partial charge in [0, 0.05) is 19.5 Å². The van der Waals surface area contributed by atoms with Crippen molar-refractivity contribution in [2.75, 3.05) is 13.1 Å². The number of hydrogen-bond donors (Lipinski definition) is 1. The van der Waals surface area contributed by atoms with Gasteiger partial charge >= 0.3 is 0 Å². The summed E-state index contributed by atoms with van der Waals surface area (Å²) in [4.78, 5) is 13.9. The highest BCUT2D eigenvalue weighted by Gasteiger charge is 2.28. The lowest BCUT2D eigenvalue weighted by Crippen LogP contribution is -2.48. The number of benzene rings is 2. The van der Waals surface area contributed by atoms with Crippen molar-refractivity contribution in [2.45, 2.75) is 31.8 Å². The van der Waals surface area contributed by atoms with Gasteiger partial charge in [-0.3, -0.25) is 9.69 Å². The molecule has 0 bridgehead atoms. The van der Waals surface area contributed by atoms with Crippen LogP contribution in [0.3, 0.4) is 0 Å². The maximum Gasteiger partial charge on any atom is 0.217 e. The van der Waals surface area contributed by atoms with Gasteiger partial charge in [-0.1, -0.05) is 60.7 Å². The number of carbonyl (C=O) groups is 1. The molecule has 3 nitrogen and oxygen atoms in total. The minimum Gasteiger partial charge on any atom is -0.352 e. The van der Waals surface area contributed by atoms with Gasteiger partial charge in [0.05, 0.1) is 6.04 Å². The van der Waals surface area contributed by atoms with Gasteiger partial charge in [0.25, 0.3) is 0 Å². The second-order valence-electron chi connectivity index (χ2n) is 6.26. The van der Waals surface area contributed by atoms with Gasteiger partial charge < -0.3 is 5.32 Å². The summed E-state index contributed by atoms with van der Waals surface area (Å²) in [6.07, 6.45) is 2.17. The number of nitrogens with zero attached hydrogens (tertiary/aromatic N) is 1. The van der Waals surface area contributed by atoms with Crippen LogP contribution in [0.25, 0.3) is 0 Å². The van der Waals surface area contributed by atoms with Gasteiger partial charge in [-0.25, -0.2) is 0 Å². The van der Waals surface area contributed by atoms with E-state index in [2.05, 4.69) is 70.9 Å². The molecule has 23 heavy (non-hydrogen) atoms. The van der Waals surface area contributed by atoms with Crippen molar-refractivity contribution in [3.63, 3.8) is 0 Å². The van der Waals surface area contributed by atoms with Crippen LogP contribution in [0.1, 0.15) is 36.9 Å². The zero-order valence-corrected chi connectivity index (χ0v) is 13.6. The van der Waals surface area contributed by atoms with Crippen LogP contribution in [0.2, 0.25) is 0 Å². The normalized spacial score (nSPS) is 18.8. The minimum absolute atomic E-state index is 0.0628. The van der Waals surface area contributed by atoms with E-state index in [1.54, 1.807) is 6.92 Å². The number of carbonyl (C=O) groups excluding carboxylic acids is 1. The zero-order chi connectivity index (χ0) is 16.1. The molecule has 2 aromatic carbocycles. The summed E-state index contributed by atoms with van der Waals surface area (Å²) >= 11 is 0. The van der Waals surface area contributed by atoms with E-state index < -0.39 is 0 Å². The molecule has 0 spiro atoms. The summed E-state index contributed by atoms with van der Waals surface area (Å²) in [6, 6.07) is 21.8. The second kappa shape index (κ2) is 7.42. The Morgan fingerprint density at radius 1 is 1.04 bits per heavy atom. The van der Waals surface area contributed by atoms with E-state index in [1.165, 1.54) is 11.1 Å². The smallest absolute Gasteiger partial charge is 0.217 e. The Morgan fingerprint density at radius 3 is 2.13 bits per heavy atom. The SMILES string of the molecule is CC(=O)NC1CCCN(C(c2ccccc2)c2ccccc2)C1. The predicted molar refractivity (Wildman–Crippen MR) is 93.1 cm³/mol. The Morgan fingerprint density at radius 2 is 1.61 bits per heavy atom. The molecule has 1 saturated heterocycles. The lowest BCUT2D eigenvalue weighted by atomic mass is 9.94. The van der Waals surface area contributed by atoms with Crippen molar-refractivity contribution < 1.29 is 4.79 Å². The average molecular weight is 308 g/mol. The number of hydrogen-bond acceptors (Lipinski definition) is 2. The monoisotopic (exact) mass is 308 g/mol. The van der Waals surface area contributed by atoms with Crippen molar-refractivity contribution in [1.82, 2.24) is 10.2 Å². The van der Waals surface area contributed by atoms with E-state index in [9.17, 15) is 4.79 Å². The Balaban J connectivity index is 1.88. The molecule has 1 aliphatic rings. The van der Waals surface area contributed by atoms with E-state index in [0.29, 0.717) is 0 Å². The highest BCUT2D eigenvalue weighted by atomic mass is 16.1. The first-order valence-electron chi connectivity index (χ1n) is 8.35. The summed E-state index contributed by atoms with van der Waals surface area (Å²) in [7, 11) is 0. The third kappa shape index (κ3) is 3.99. The fourth-order valence-corrected chi connectivity index (χ4v) is 3.53. The Hall–Kier alpha value is -2.13. The number of piperidine rings is 1. The predicted octanol–water partition coefficient (Wildman–Crippen LogP) is 3.38. The summed E-state index contributed by atoms with van der Waals surface area (Å²) < 4.78 is 0. The molecule has 3 rings (SSSR count). The molecule has 1 unspecified atom stereocenters. The van der Waals surface area contributed by atoms with Crippen LogP contribution in [0.5, 0.6) is 0 Å². The molecule has 1 fully saturated rings. The number of amides is 1. The third-order valence-corrected chi connectivity index (χ3v) is 4.46. The van der Waals surface area contributed by atoms with Crippen molar-refractivity contribution in [3.8, 4) is 0 Å². The molecule has 3 heteroatoms. The summed E-state index contributed by atoms with van der Waals surface area (Å²) in [6.45, 7) is 3.56. The van der Waals surface area contributed by atoms with E-state index >= 15 is 0 Å². The van der Waals surface area contributed by atoms with Gasteiger partial charge in [-0.15, -0.1) is 0 Å². The molecule has 1 atom stereocenters. The molecule has 1 heterocycles. The van der Waals surface area contributed by atoms with Crippen LogP contribution >= 0.6 is 0 Å². The maximum atomic E-state index is 11.4. The molecule has 120 valence electrons. The molecule has 1 amide bonds. The minimum atomic E-state index is 0.0628. The molecule has 0 radical (unpaired) electrons. The second-order valence-corrected chi connectivity index (χ2v) is 6.26. The van der Waals surface area contributed by atoms with Crippen LogP contribution in [0.4, 0.5) is 0 Å². The van der Waals surface area contributed by atoms with Crippen LogP contribution in [0.15, 0.2) is 60.7 Å². The van der Waals surface area contributed by atoms with Crippen molar-refractivity contribution in [3.05, 3.63) is 71.8 Å². The lowest BCUT2D eigenvalue weighted by molar-refractivity contribution is -0.120. The number of nitrogens with one attached hydrogen (secondary N) is 1. The zero-order valence-electron chi connectivity index (χ0n) is 13.6. The van der Waals surface area contributed by atoms with Crippen LogP contribution in [0, 0.1) is 0 Å². The van der Waals surface area contributed by atoms with Crippen molar-refractivity contribution in [1.29, 1.82) is 0 Å². The number of rotatable bonds is 4. The first-order valence-corrected chi connectivity index (χ1v) is 8.35. The van der Waals surface area contributed by atoms with Gasteiger partial charge in [0.15, 0.2) is 0 Å². The van der Waals surface area contributed by atoms with Gasteiger partial charge in [0.2, 0.25) is 5.91 Å². The topological polar surface area (TPSA) is 32.3 Å². The average Bonchev–Trinajstić information content (AvgIpc) is 2.57. The molecule has 0 aliphatic carbocycles. The lowest BCUT2D eigenvalue weighted by Gasteiger charge is -2.39. The first-order chi connectivity index (χ1) is 11.2. The van der Waals surface area contributed by atoms with E-state index in [-0.39, 0.29) is 18.0 Å². The summed E-state index contributed by atoms with van der Waals surface area (Å²) in [5.41, 5.74) is 2.62. The molecule has 0 aromatic heterocycles. The van der Waals surface area contributed by atoms with E-state index in [4.69, 9.17) is 0 Å². The molecular formula is C20H24N2O. The van der Waals surface area contributed by atoms with Gasteiger partial charge in [-0.2, -0.15) is 0 Å². The molecule has 0 saturated carbocycles. The Labute approximate surface area is 138 Å². The largest absolute Gasteiger partial charge is 0.352 e. The van der Waals surface area contributed by atoms with Crippen molar-refractivity contribution >= 4 is 5.91 Å². The first kappa shape index (κ1) is 15.8. The third-order valence-electron chi connectivity index (χ3n) is 4.46. The fourth-order valence-electron chi connectivity index (χ4n) is 3.53. The quantitative estimate of drug-likeness (QED) is 0.939. The summed E-state index contributed by atoms with van der Waals surface area (Å²) in [5, 5.41) is 3.09. The van der Waals surface area contributed by atoms with Crippen molar-refractivity contribution in [2.24, 2.45) is 0 Å². The van der Waals surface area contributed by atoms with Gasteiger partial charge in [-0.05, 0) is 30.5 Å². The van der Waals surface area contributed by atoms with Gasteiger partial charge in [0.1, 0.15) is 0 Å². The highest BCUT2D eigenvalue weighted by molar-refractivity contribution is 5.73. The van der Waals surface area contributed by atoms with E-state index in [1.807, 2.05) is 0 Å². The molecular weight excluding hydrogens is 284 g/mol. The summed E-state index contributed by atoms with van der Waals surface area (Å²) in [5.74, 6) is 0.0628. The van der Waals surface area contributed by atoms with Crippen LogP contribution in [-0.2, 0) is 4.79 Å². The Kier molecular flexibility index (Phi) is 5.09. The molecule has 1 aliphatic heterocycles. The number of likely N-dealkylation sites (tertiary alicyclic amines) is 1. The standard InChI is InChI=1S/C20H24N2O/c1-16(23)21-19-13-8-14-22(15-19)20(17-9-4-2-5-10-17)18-11-6-3-7-12-18/h2-7,9-12,19-20H,8,13-15H2,1H3,(H,21,23). The van der Waals surface area contributed by atoms with E-state index in [0.717, 1.165) is 25.9 Å². The van der Waals surface area contributed by atoms with Crippen LogP contribution < -0.4 is 5.32 Å². The highest BCUT2D eigenvalue weighted by Crippen LogP contribution is 2.30. The maximum absolute atomic E-state index is 11.4. The van der Waals surface area contributed by atoms with Crippen LogP contribution in [-0.4, -0.2) is 29.9 Å². The molecule has 2 aromatic rings. The molecule has 1 N–H and O–H groups in total. The fraction of sp³-hybridized carbons (Fsp3) is 0.350. The Bertz CT molecular complexity index is 587.